The molecule has 1 aliphatic heterocycles. The van der Waals surface area contributed by atoms with E-state index in [9.17, 15) is 4.79 Å². The standard InChI is InChI=1S/C24H28N4O/c1-4-27-11-13-28(14-12-27)19-9-10-22(17(2)15-19)26-24(29)21-16-18(3)25-23-8-6-5-7-20(21)23/h5-10,15-16H,4,11-14H2,1-3H3,(H,26,29). The van der Waals surface area contributed by atoms with Crippen LogP contribution in [0.15, 0.2) is 48.5 Å². The van der Waals surface area contributed by atoms with Crippen molar-refractivity contribution >= 4 is 28.2 Å². The van der Waals surface area contributed by atoms with E-state index in [1.807, 2.05) is 43.3 Å². The maximum Gasteiger partial charge on any atom is 0.256 e. The van der Waals surface area contributed by atoms with Crippen LogP contribution in [-0.4, -0.2) is 48.5 Å². The minimum atomic E-state index is -0.0980. The van der Waals surface area contributed by atoms with Crippen molar-refractivity contribution in [2.75, 3.05) is 42.9 Å². The summed E-state index contributed by atoms with van der Waals surface area (Å²) in [4.78, 5) is 22.5. The third kappa shape index (κ3) is 4.10. The van der Waals surface area contributed by atoms with Crippen molar-refractivity contribution in [3.05, 3.63) is 65.4 Å². The number of carbonyl (C=O) groups is 1. The van der Waals surface area contributed by atoms with E-state index in [4.69, 9.17) is 0 Å². The smallest absolute Gasteiger partial charge is 0.256 e. The number of aryl methyl sites for hydroxylation is 2. The van der Waals surface area contributed by atoms with Crippen LogP contribution < -0.4 is 10.2 Å². The van der Waals surface area contributed by atoms with Crippen LogP contribution in [0.5, 0.6) is 0 Å². The van der Waals surface area contributed by atoms with Gasteiger partial charge < -0.3 is 15.1 Å². The topological polar surface area (TPSA) is 48.5 Å². The highest BCUT2D eigenvalue weighted by atomic mass is 16.1. The van der Waals surface area contributed by atoms with Crippen LogP contribution in [0.25, 0.3) is 10.9 Å². The van der Waals surface area contributed by atoms with Gasteiger partial charge in [-0.15, -0.1) is 0 Å². The molecular weight excluding hydrogens is 360 g/mol. The lowest BCUT2D eigenvalue weighted by Gasteiger charge is -2.35. The van der Waals surface area contributed by atoms with Crippen LogP contribution in [0.4, 0.5) is 11.4 Å². The number of anilines is 2. The molecule has 1 aromatic heterocycles. The molecule has 4 rings (SSSR count). The van der Waals surface area contributed by atoms with Crippen molar-refractivity contribution in [2.24, 2.45) is 0 Å². The summed E-state index contributed by atoms with van der Waals surface area (Å²) in [5.41, 5.74) is 5.49. The molecule has 2 aromatic carbocycles. The van der Waals surface area contributed by atoms with Gasteiger partial charge in [-0.1, -0.05) is 25.1 Å². The molecule has 0 spiro atoms. The molecule has 0 unspecified atom stereocenters. The molecule has 5 heteroatoms. The van der Waals surface area contributed by atoms with Crippen LogP contribution in [0.3, 0.4) is 0 Å². The summed E-state index contributed by atoms with van der Waals surface area (Å²) < 4.78 is 0. The normalized spacial score (nSPS) is 14.9. The third-order valence-corrected chi connectivity index (χ3v) is 5.73. The molecule has 0 atom stereocenters. The Kier molecular flexibility index (Phi) is 5.49. The second kappa shape index (κ2) is 8.21. The Morgan fingerprint density at radius 2 is 1.79 bits per heavy atom. The number of piperazine rings is 1. The monoisotopic (exact) mass is 388 g/mol. The van der Waals surface area contributed by atoms with Crippen molar-refractivity contribution in [2.45, 2.75) is 20.8 Å². The molecule has 0 aliphatic carbocycles. The highest BCUT2D eigenvalue weighted by Crippen LogP contribution is 2.25. The number of benzene rings is 2. The van der Waals surface area contributed by atoms with Gasteiger partial charge in [-0.3, -0.25) is 9.78 Å². The largest absolute Gasteiger partial charge is 0.369 e. The Bertz CT molecular complexity index is 1040. The fourth-order valence-corrected chi connectivity index (χ4v) is 3.99. The van der Waals surface area contributed by atoms with E-state index in [-0.39, 0.29) is 5.91 Å². The zero-order valence-electron chi connectivity index (χ0n) is 17.4. The molecule has 150 valence electrons. The van der Waals surface area contributed by atoms with E-state index >= 15 is 0 Å². The predicted octanol–water partition coefficient (Wildman–Crippen LogP) is 4.25. The number of hydrogen-bond acceptors (Lipinski definition) is 4. The van der Waals surface area contributed by atoms with E-state index in [0.29, 0.717) is 5.56 Å². The minimum absolute atomic E-state index is 0.0980. The zero-order valence-corrected chi connectivity index (χ0v) is 17.4. The summed E-state index contributed by atoms with van der Waals surface area (Å²) in [5, 5.41) is 3.97. The van der Waals surface area contributed by atoms with Crippen LogP contribution in [-0.2, 0) is 0 Å². The summed E-state index contributed by atoms with van der Waals surface area (Å²) in [5.74, 6) is -0.0980. The molecule has 1 N–H and O–H groups in total. The number of hydrogen-bond donors (Lipinski definition) is 1. The Morgan fingerprint density at radius 1 is 1.03 bits per heavy atom. The van der Waals surface area contributed by atoms with Gasteiger partial charge in [0.25, 0.3) is 5.91 Å². The van der Waals surface area contributed by atoms with E-state index in [1.54, 1.807) is 0 Å². The number of fused-ring (bicyclic) bond motifs is 1. The Morgan fingerprint density at radius 3 is 2.52 bits per heavy atom. The molecule has 1 saturated heterocycles. The van der Waals surface area contributed by atoms with Gasteiger partial charge in [0.2, 0.25) is 0 Å². The number of pyridine rings is 1. The van der Waals surface area contributed by atoms with Gasteiger partial charge in [-0.05, 0) is 56.3 Å². The van der Waals surface area contributed by atoms with Gasteiger partial charge in [-0.2, -0.15) is 0 Å². The highest BCUT2D eigenvalue weighted by Gasteiger charge is 2.17. The maximum atomic E-state index is 13.0. The summed E-state index contributed by atoms with van der Waals surface area (Å²) >= 11 is 0. The average molecular weight is 389 g/mol. The molecule has 0 radical (unpaired) electrons. The lowest BCUT2D eigenvalue weighted by molar-refractivity contribution is 0.102. The van der Waals surface area contributed by atoms with Gasteiger partial charge >= 0.3 is 0 Å². The van der Waals surface area contributed by atoms with Crippen molar-refractivity contribution in [1.29, 1.82) is 0 Å². The number of para-hydroxylation sites is 1. The Hall–Kier alpha value is -2.92. The van der Waals surface area contributed by atoms with Gasteiger partial charge in [0.15, 0.2) is 0 Å². The highest BCUT2D eigenvalue weighted by molar-refractivity contribution is 6.12. The first-order chi connectivity index (χ1) is 14.0. The van der Waals surface area contributed by atoms with Crippen LogP contribution >= 0.6 is 0 Å². The molecule has 3 aromatic rings. The fraction of sp³-hybridized carbons (Fsp3) is 0.333. The average Bonchev–Trinajstić information content (AvgIpc) is 2.74. The second-order valence-corrected chi connectivity index (χ2v) is 7.70. The van der Waals surface area contributed by atoms with Crippen molar-refractivity contribution < 1.29 is 4.79 Å². The van der Waals surface area contributed by atoms with Crippen molar-refractivity contribution in [3.63, 3.8) is 0 Å². The molecule has 5 nitrogen and oxygen atoms in total. The first kappa shape index (κ1) is 19.4. The predicted molar refractivity (Wildman–Crippen MR) is 120 cm³/mol. The maximum absolute atomic E-state index is 13.0. The SMILES string of the molecule is CCN1CCN(c2ccc(NC(=O)c3cc(C)nc4ccccc34)c(C)c2)CC1. The van der Waals surface area contributed by atoms with Gasteiger partial charge in [0.05, 0.1) is 11.1 Å². The molecular formula is C24H28N4O. The first-order valence-corrected chi connectivity index (χ1v) is 10.3. The first-order valence-electron chi connectivity index (χ1n) is 10.3. The summed E-state index contributed by atoms with van der Waals surface area (Å²) in [7, 11) is 0. The van der Waals surface area contributed by atoms with Crippen molar-refractivity contribution in [1.82, 2.24) is 9.88 Å². The number of nitrogens with zero attached hydrogens (tertiary/aromatic N) is 3. The van der Waals surface area contributed by atoms with Gasteiger partial charge in [0, 0.05) is 48.6 Å². The van der Waals surface area contributed by atoms with Gasteiger partial charge in [-0.25, -0.2) is 0 Å². The second-order valence-electron chi connectivity index (χ2n) is 7.70. The van der Waals surface area contributed by atoms with Crippen LogP contribution in [0.1, 0.15) is 28.5 Å². The number of rotatable bonds is 4. The summed E-state index contributed by atoms with van der Waals surface area (Å²) in [6, 6.07) is 15.9. The zero-order chi connectivity index (χ0) is 20.4. The number of likely N-dealkylation sites (N-methyl/N-ethyl adjacent to an activating group) is 1. The molecule has 1 aliphatic rings. The molecule has 0 bridgehead atoms. The van der Waals surface area contributed by atoms with E-state index < -0.39 is 0 Å². The number of nitrogens with one attached hydrogen (secondary N) is 1. The number of amides is 1. The lowest BCUT2D eigenvalue weighted by Crippen LogP contribution is -2.46. The summed E-state index contributed by atoms with van der Waals surface area (Å²) in [6.45, 7) is 11.6. The number of carbonyl (C=O) groups excluding carboxylic acids is 1. The van der Waals surface area contributed by atoms with Gasteiger partial charge in [0.1, 0.15) is 0 Å². The van der Waals surface area contributed by atoms with Crippen LogP contribution in [0, 0.1) is 13.8 Å². The molecule has 1 fully saturated rings. The quantitative estimate of drug-likeness (QED) is 0.726. The molecule has 2 heterocycles. The third-order valence-electron chi connectivity index (χ3n) is 5.73. The van der Waals surface area contributed by atoms with E-state index in [0.717, 1.165) is 60.6 Å². The van der Waals surface area contributed by atoms with E-state index in [2.05, 4.69) is 46.1 Å². The van der Waals surface area contributed by atoms with Crippen LogP contribution in [0.2, 0.25) is 0 Å². The molecule has 0 saturated carbocycles. The van der Waals surface area contributed by atoms with Crippen molar-refractivity contribution in [3.8, 4) is 0 Å². The van der Waals surface area contributed by atoms with E-state index in [1.165, 1.54) is 5.69 Å². The molecule has 29 heavy (non-hydrogen) atoms. The fourth-order valence-electron chi connectivity index (χ4n) is 3.99. The number of aromatic nitrogens is 1. The molecule has 1 amide bonds. The Labute approximate surface area is 172 Å². The Balaban J connectivity index is 1.54. The minimum Gasteiger partial charge on any atom is -0.369 e. The summed E-state index contributed by atoms with van der Waals surface area (Å²) in [6.07, 6.45) is 0. The lowest BCUT2D eigenvalue weighted by atomic mass is 10.1.